The number of rotatable bonds is 3. The fourth-order valence-electron chi connectivity index (χ4n) is 1.37. The second-order valence-electron chi connectivity index (χ2n) is 3.69. The zero-order chi connectivity index (χ0) is 10.6. The molecule has 76 valence electrons. The van der Waals surface area contributed by atoms with Crippen molar-refractivity contribution in [2.45, 2.75) is 33.8 Å². The fourth-order valence-corrected chi connectivity index (χ4v) is 1.37. The van der Waals surface area contributed by atoms with E-state index in [-0.39, 0.29) is 6.61 Å². The Labute approximate surface area is 86.1 Å². The standard InChI is InChI=1S/C13H18O/c1-4-10(2)7-12-5-6-13(9-14)11(3)8-12/h5-8,14H,4,9H2,1-3H3. The van der Waals surface area contributed by atoms with Gasteiger partial charge in [-0.1, -0.05) is 36.8 Å². The van der Waals surface area contributed by atoms with Gasteiger partial charge < -0.3 is 5.11 Å². The van der Waals surface area contributed by atoms with Crippen LogP contribution in [0.5, 0.6) is 0 Å². The van der Waals surface area contributed by atoms with Gasteiger partial charge in [0.2, 0.25) is 0 Å². The largest absolute Gasteiger partial charge is 0.392 e. The number of benzene rings is 1. The Morgan fingerprint density at radius 1 is 1.43 bits per heavy atom. The highest BCUT2D eigenvalue weighted by atomic mass is 16.3. The molecule has 1 N–H and O–H groups in total. The van der Waals surface area contributed by atoms with Gasteiger partial charge in [0, 0.05) is 0 Å². The monoisotopic (exact) mass is 190 g/mol. The molecule has 0 radical (unpaired) electrons. The Bertz CT molecular complexity index is 337. The minimum Gasteiger partial charge on any atom is -0.392 e. The summed E-state index contributed by atoms with van der Waals surface area (Å²) >= 11 is 0. The van der Waals surface area contributed by atoms with Crippen molar-refractivity contribution in [3.63, 3.8) is 0 Å². The van der Waals surface area contributed by atoms with Crippen LogP contribution in [-0.2, 0) is 6.61 Å². The summed E-state index contributed by atoms with van der Waals surface area (Å²) in [5, 5.41) is 9.02. The highest BCUT2D eigenvalue weighted by molar-refractivity contribution is 5.54. The lowest BCUT2D eigenvalue weighted by molar-refractivity contribution is 0.281. The van der Waals surface area contributed by atoms with Crippen molar-refractivity contribution in [2.75, 3.05) is 0 Å². The Balaban J connectivity index is 2.97. The molecule has 0 aliphatic carbocycles. The predicted molar refractivity (Wildman–Crippen MR) is 61.0 cm³/mol. The van der Waals surface area contributed by atoms with E-state index in [2.05, 4.69) is 32.1 Å². The summed E-state index contributed by atoms with van der Waals surface area (Å²) in [6.45, 7) is 6.45. The molecule has 0 amide bonds. The van der Waals surface area contributed by atoms with Crippen molar-refractivity contribution < 1.29 is 5.11 Å². The van der Waals surface area contributed by atoms with E-state index >= 15 is 0 Å². The summed E-state index contributed by atoms with van der Waals surface area (Å²) in [4.78, 5) is 0. The number of hydrogen-bond donors (Lipinski definition) is 1. The van der Waals surface area contributed by atoms with Crippen LogP contribution in [0.2, 0.25) is 0 Å². The molecule has 0 aromatic heterocycles. The van der Waals surface area contributed by atoms with E-state index in [1.165, 1.54) is 11.1 Å². The molecule has 0 saturated heterocycles. The summed E-state index contributed by atoms with van der Waals surface area (Å²) in [5.41, 5.74) is 4.77. The van der Waals surface area contributed by atoms with E-state index in [1.54, 1.807) is 0 Å². The highest BCUT2D eigenvalue weighted by Gasteiger charge is 1.97. The molecule has 0 aliphatic rings. The van der Waals surface area contributed by atoms with Gasteiger partial charge in [-0.05, 0) is 37.0 Å². The Morgan fingerprint density at radius 3 is 2.64 bits per heavy atom. The van der Waals surface area contributed by atoms with Gasteiger partial charge >= 0.3 is 0 Å². The Morgan fingerprint density at radius 2 is 2.14 bits per heavy atom. The van der Waals surface area contributed by atoms with E-state index in [0.29, 0.717) is 0 Å². The maximum atomic E-state index is 9.02. The molecule has 0 bridgehead atoms. The first-order valence-electron chi connectivity index (χ1n) is 5.05. The highest BCUT2D eigenvalue weighted by Crippen LogP contribution is 2.14. The van der Waals surface area contributed by atoms with Gasteiger partial charge in [0.25, 0.3) is 0 Å². The van der Waals surface area contributed by atoms with Crippen LogP contribution in [0.15, 0.2) is 23.8 Å². The summed E-state index contributed by atoms with van der Waals surface area (Å²) in [7, 11) is 0. The normalized spacial score (nSPS) is 11.9. The van der Waals surface area contributed by atoms with Crippen LogP contribution in [0, 0.1) is 6.92 Å². The van der Waals surface area contributed by atoms with Crippen molar-refractivity contribution in [1.82, 2.24) is 0 Å². The molecule has 1 heteroatoms. The molecule has 0 unspecified atom stereocenters. The van der Waals surface area contributed by atoms with Gasteiger partial charge in [0.05, 0.1) is 6.61 Å². The summed E-state index contributed by atoms with van der Waals surface area (Å²) in [6, 6.07) is 6.16. The van der Waals surface area contributed by atoms with Crippen LogP contribution < -0.4 is 0 Å². The zero-order valence-electron chi connectivity index (χ0n) is 9.17. The van der Waals surface area contributed by atoms with Crippen molar-refractivity contribution in [2.24, 2.45) is 0 Å². The minimum atomic E-state index is 0.128. The molecule has 1 nitrogen and oxygen atoms in total. The molecular formula is C13H18O. The van der Waals surface area contributed by atoms with E-state index < -0.39 is 0 Å². The minimum absolute atomic E-state index is 0.128. The SMILES string of the molecule is CCC(C)=Cc1ccc(CO)c(C)c1. The lowest BCUT2D eigenvalue weighted by atomic mass is 10.0. The van der Waals surface area contributed by atoms with Gasteiger partial charge in [-0.15, -0.1) is 0 Å². The van der Waals surface area contributed by atoms with Gasteiger partial charge in [-0.3, -0.25) is 0 Å². The van der Waals surface area contributed by atoms with E-state index in [9.17, 15) is 0 Å². The molecule has 0 saturated carbocycles. The number of aryl methyl sites for hydroxylation is 1. The molecule has 1 aromatic carbocycles. The molecule has 0 atom stereocenters. The van der Waals surface area contributed by atoms with Crippen LogP contribution in [0.1, 0.15) is 37.0 Å². The third kappa shape index (κ3) is 2.71. The fraction of sp³-hybridized carbons (Fsp3) is 0.385. The molecule has 0 spiro atoms. The maximum absolute atomic E-state index is 9.02. The first-order valence-corrected chi connectivity index (χ1v) is 5.05. The van der Waals surface area contributed by atoms with E-state index in [4.69, 9.17) is 5.11 Å². The molecule has 1 rings (SSSR count). The smallest absolute Gasteiger partial charge is 0.0684 e. The lowest BCUT2D eigenvalue weighted by Crippen LogP contribution is -1.88. The van der Waals surface area contributed by atoms with Gasteiger partial charge in [-0.2, -0.15) is 0 Å². The van der Waals surface area contributed by atoms with Crippen LogP contribution in [-0.4, -0.2) is 5.11 Å². The second kappa shape index (κ2) is 4.97. The van der Waals surface area contributed by atoms with E-state index in [0.717, 1.165) is 17.5 Å². The van der Waals surface area contributed by atoms with Gasteiger partial charge in [0.15, 0.2) is 0 Å². The van der Waals surface area contributed by atoms with Crippen LogP contribution in [0.4, 0.5) is 0 Å². The van der Waals surface area contributed by atoms with E-state index in [1.807, 2.05) is 13.0 Å². The number of aliphatic hydroxyl groups excluding tert-OH is 1. The summed E-state index contributed by atoms with van der Waals surface area (Å²) in [6.07, 6.45) is 3.27. The van der Waals surface area contributed by atoms with Gasteiger partial charge in [-0.25, -0.2) is 0 Å². The first-order chi connectivity index (χ1) is 6.67. The molecule has 1 aromatic rings. The lowest BCUT2D eigenvalue weighted by Gasteiger charge is -2.04. The number of allylic oxidation sites excluding steroid dienone is 1. The van der Waals surface area contributed by atoms with Crippen molar-refractivity contribution >= 4 is 6.08 Å². The second-order valence-corrected chi connectivity index (χ2v) is 3.69. The molecular weight excluding hydrogens is 172 g/mol. The van der Waals surface area contributed by atoms with Crippen molar-refractivity contribution in [3.05, 3.63) is 40.5 Å². The predicted octanol–water partition coefficient (Wildman–Crippen LogP) is 3.30. The molecule has 0 aliphatic heterocycles. The molecule has 0 heterocycles. The molecule has 14 heavy (non-hydrogen) atoms. The topological polar surface area (TPSA) is 20.2 Å². The third-order valence-electron chi connectivity index (χ3n) is 2.51. The van der Waals surface area contributed by atoms with Crippen molar-refractivity contribution in [3.8, 4) is 0 Å². The van der Waals surface area contributed by atoms with Crippen LogP contribution >= 0.6 is 0 Å². The van der Waals surface area contributed by atoms with Crippen LogP contribution in [0.3, 0.4) is 0 Å². The summed E-state index contributed by atoms with van der Waals surface area (Å²) < 4.78 is 0. The van der Waals surface area contributed by atoms with Crippen LogP contribution in [0.25, 0.3) is 6.08 Å². The average molecular weight is 190 g/mol. The quantitative estimate of drug-likeness (QED) is 0.775. The zero-order valence-corrected chi connectivity index (χ0v) is 9.17. The summed E-state index contributed by atoms with van der Waals surface area (Å²) in [5.74, 6) is 0. The third-order valence-corrected chi connectivity index (χ3v) is 2.51. The number of aliphatic hydroxyl groups is 1. The Hall–Kier alpha value is -1.08. The molecule has 0 fully saturated rings. The maximum Gasteiger partial charge on any atom is 0.0684 e. The first kappa shape index (κ1) is 11.0. The Kier molecular flexibility index (Phi) is 3.90. The number of hydrogen-bond acceptors (Lipinski definition) is 1. The van der Waals surface area contributed by atoms with Crippen molar-refractivity contribution in [1.29, 1.82) is 0 Å². The average Bonchev–Trinajstić information content (AvgIpc) is 2.18. The van der Waals surface area contributed by atoms with Gasteiger partial charge in [0.1, 0.15) is 0 Å².